The lowest BCUT2D eigenvalue weighted by atomic mass is 10.2. The molecule has 3 aromatic carbocycles. The highest BCUT2D eigenvalue weighted by atomic mass is 35.5. The van der Waals surface area contributed by atoms with E-state index in [4.69, 9.17) is 16.3 Å². The SMILES string of the molecule is CCOc1cccc(C=NNc2ccc(S(=O)(=O)Nc3cccc(Cl)c3)cc2[N+](=O)[O-])c1O. The monoisotopic (exact) mass is 490 g/mol. The molecule has 172 valence electrons. The van der Waals surface area contributed by atoms with Gasteiger partial charge in [0, 0.05) is 16.7 Å². The highest BCUT2D eigenvalue weighted by Crippen LogP contribution is 2.30. The number of rotatable bonds is 9. The molecule has 0 aliphatic carbocycles. The molecule has 0 fully saturated rings. The number of para-hydroxylation sites is 1. The summed E-state index contributed by atoms with van der Waals surface area (Å²) in [6, 6.07) is 14.2. The molecule has 0 bridgehead atoms. The first-order chi connectivity index (χ1) is 15.7. The molecule has 12 heteroatoms. The van der Waals surface area contributed by atoms with Crippen LogP contribution < -0.4 is 14.9 Å². The molecule has 0 atom stereocenters. The van der Waals surface area contributed by atoms with Gasteiger partial charge in [0.25, 0.3) is 15.7 Å². The Bertz CT molecular complexity index is 1310. The van der Waals surface area contributed by atoms with E-state index in [-0.39, 0.29) is 27.8 Å². The Balaban J connectivity index is 1.84. The van der Waals surface area contributed by atoms with Gasteiger partial charge in [-0.15, -0.1) is 0 Å². The lowest BCUT2D eigenvalue weighted by molar-refractivity contribution is -0.384. The van der Waals surface area contributed by atoms with Gasteiger partial charge in [-0.3, -0.25) is 20.3 Å². The van der Waals surface area contributed by atoms with Gasteiger partial charge in [-0.1, -0.05) is 23.7 Å². The van der Waals surface area contributed by atoms with Crippen molar-refractivity contribution < 1.29 is 23.2 Å². The summed E-state index contributed by atoms with van der Waals surface area (Å²) in [6.45, 7) is 2.13. The number of sulfonamides is 1. The standard InChI is InChI=1S/C21H19ClN4O6S/c1-2-32-20-8-3-5-14(21(20)27)13-23-24-18-10-9-17(12-19(18)26(28)29)33(30,31)25-16-7-4-6-15(22)11-16/h3-13,24-25,27H,2H2,1H3. The average molecular weight is 491 g/mol. The Labute approximate surface area is 194 Å². The van der Waals surface area contributed by atoms with E-state index < -0.39 is 20.6 Å². The van der Waals surface area contributed by atoms with Gasteiger partial charge in [0.15, 0.2) is 11.5 Å². The van der Waals surface area contributed by atoms with E-state index in [0.29, 0.717) is 17.2 Å². The maximum Gasteiger partial charge on any atom is 0.295 e. The van der Waals surface area contributed by atoms with Crippen molar-refractivity contribution in [2.75, 3.05) is 16.8 Å². The first-order valence-electron chi connectivity index (χ1n) is 9.52. The molecule has 0 unspecified atom stereocenters. The molecule has 0 aromatic heterocycles. The third kappa shape index (κ3) is 5.90. The van der Waals surface area contributed by atoms with Crippen molar-refractivity contribution in [2.24, 2.45) is 5.10 Å². The van der Waals surface area contributed by atoms with Crippen LogP contribution in [0.15, 0.2) is 70.7 Å². The largest absolute Gasteiger partial charge is 0.504 e. The molecule has 0 spiro atoms. The minimum atomic E-state index is -4.11. The molecule has 3 N–H and O–H groups in total. The van der Waals surface area contributed by atoms with Crippen LogP contribution in [0, 0.1) is 10.1 Å². The van der Waals surface area contributed by atoms with Crippen LogP contribution in [0.25, 0.3) is 0 Å². The van der Waals surface area contributed by atoms with Gasteiger partial charge in [-0.05, 0) is 49.4 Å². The number of nitrogens with one attached hydrogen (secondary N) is 2. The van der Waals surface area contributed by atoms with Gasteiger partial charge in [0.05, 0.1) is 28.3 Å². The number of benzene rings is 3. The van der Waals surface area contributed by atoms with Crippen molar-refractivity contribution in [3.8, 4) is 11.5 Å². The minimum Gasteiger partial charge on any atom is -0.504 e. The number of phenolic OH excluding ortho intramolecular Hbond substituents is 1. The number of ether oxygens (including phenoxy) is 1. The minimum absolute atomic E-state index is 0.0431. The van der Waals surface area contributed by atoms with E-state index in [0.717, 1.165) is 6.07 Å². The van der Waals surface area contributed by atoms with Crippen molar-refractivity contribution >= 4 is 44.9 Å². The zero-order valence-corrected chi connectivity index (χ0v) is 18.8. The van der Waals surface area contributed by atoms with Gasteiger partial charge >= 0.3 is 0 Å². The number of aromatic hydroxyl groups is 1. The molecule has 0 amide bonds. The second kappa shape index (κ2) is 10.2. The van der Waals surface area contributed by atoms with E-state index in [1.165, 1.54) is 30.5 Å². The number of hydrazone groups is 1. The fourth-order valence-corrected chi connectivity index (χ4v) is 4.04. The van der Waals surface area contributed by atoms with Crippen LogP contribution in [0.2, 0.25) is 5.02 Å². The number of nitro benzene ring substituents is 1. The molecule has 10 nitrogen and oxygen atoms in total. The van der Waals surface area contributed by atoms with Crippen LogP contribution in [0.4, 0.5) is 17.1 Å². The summed E-state index contributed by atoms with van der Waals surface area (Å²) in [5, 5.41) is 26.0. The third-order valence-electron chi connectivity index (χ3n) is 4.27. The highest BCUT2D eigenvalue weighted by molar-refractivity contribution is 7.92. The van der Waals surface area contributed by atoms with Crippen LogP contribution in [0.5, 0.6) is 11.5 Å². The molecule has 0 saturated heterocycles. The molecule has 0 saturated carbocycles. The lowest BCUT2D eigenvalue weighted by Gasteiger charge is -2.10. The second-order valence-electron chi connectivity index (χ2n) is 6.55. The van der Waals surface area contributed by atoms with Crippen LogP contribution in [-0.4, -0.2) is 31.3 Å². The van der Waals surface area contributed by atoms with E-state index in [1.54, 1.807) is 37.3 Å². The Hall–Kier alpha value is -3.83. The van der Waals surface area contributed by atoms with E-state index >= 15 is 0 Å². The van der Waals surface area contributed by atoms with Gasteiger partial charge in [-0.25, -0.2) is 8.42 Å². The quantitative estimate of drug-likeness (QED) is 0.226. The van der Waals surface area contributed by atoms with Gasteiger partial charge in [0.2, 0.25) is 0 Å². The second-order valence-corrected chi connectivity index (χ2v) is 8.67. The summed E-state index contributed by atoms with van der Waals surface area (Å²) in [4.78, 5) is 10.5. The van der Waals surface area contributed by atoms with Crippen LogP contribution >= 0.6 is 11.6 Å². The van der Waals surface area contributed by atoms with Crippen molar-refractivity contribution in [2.45, 2.75) is 11.8 Å². The zero-order valence-electron chi connectivity index (χ0n) is 17.2. The average Bonchev–Trinajstić information content (AvgIpc) is 2.76. The number of nitro groups is 1. The first kappa shape index (κ1) is 23.8. The van der Waals surface area contributed by atoms with Crippen LogP contribution in [0.3, 0.4) is 0 Å². The Kier molecular flexibility index (Phi) is 7.36. The van der Waals surface area contributed by atoms with Crippen molar-refractivity contribution in [1.29, 1.82) is 0 Å². The van der Waals surface area contributed by atoms with Crippen molar-refractivity contribution in [1.82, 2.24) is 0 Å². The summed E-state index contributed by atoms with van der Waals surface area (Å²) in [5.41, 5.74) is 2.49. The molecule has 0 aliphatic heterocycles. The molecule has 0 radical (unpaired) electrons. The first-order valence-corrected chi connectivity index (χ1v) is 11.4. The maximum atomic E-state index is 12.7. The summed E-state index contributed by atoms with van der Waals surface area (Å²) in [7, 11) is -4.11. The van der Waals surface area contributed by atoms with Crippen LogP contribution in [0.1, 0.15) is 12.5 Å². The lowest BCUT2D eigenvalue weighted by Crippen LogP contribution is -2.13. The number of phenols is 1. The molecular formula is C21H19ClN4O6S. The fourth-order valence-electron chi connectivity index (χ4n) is 2.78. The zero-order chi connectivity index (χ0) is 24.0. The molecule has 33 heavy (non-hydrogen) atoms. The van der Waals surface area contributed by atoms with Gasteiger partial charge in [0.1, 0.15) is 5.69 Å². The molecule has 0 heterocycles. The Morgan fingerprint density at radius 2 is 1.94 bits per heavy atom. The smallest absolute Gasteiger partial charge is 0.295 e. The van der Waals surface area contributed by atoms with Gasteiger partial charge < -0.3 is 9.84 Å². The molecule has 0 aliphatic rings. The summed E-state index contributed by atoms with van der Waals surface area (Å²) < 4.78 is 32.9. The summed E-state index contributed by atoms with van der Waals surface area (Å²) in [5.74, 6) is 0.141. The number of nitrogens with zero attached hydrogens (tertiary/aromatic N) is 2. The summed E-state index contributed by atoms with van der Waals surface area (Å²) >= 11 is 5.87. The third-order valence-corrected chi connectivity index (χ3v) is 5.89. The molecular weight excluding hydrogens is 472 g/mol. The maximum absolute atomic E-state index is 12.7. The predicted molar refractivity (Wildman–Crippen MR) is 126 cm³/mol. The van der Waals surface area contributed by atoms with Crippen molar-refractivity contribution in [3.05, 3.63) is 81.4 Å². The Morgan fingerprint density at radius 1 is 1.18 bits per heavy atom. The van der Waals surface area contributed by atoms with Crippen molar-refractivity contribution in [3.63, 3.8) is 0 Å². The normalized spacial score (nSPS) is 11.3. The molecule has 3 rings (SSSR count). The fraction of sp³-hybridized carbons (Fsp3) is 0.0952. The van der Waals surface area contributed by atoms with E-state index in [1.807, 2.05) is 0 Å². The highest BCUT2D eigenvalue weighted by Gasteiger charge is 2.21. The number of halogens is 1. The number of hydrogen-bond acceptors (Lipinski definition) is 8. The Morgan fingerprint density at radius 3 is 2.64 bits per heavy atom. The topological polar surface area (TPSA) is 143 Å². The van der Waals surface area contributed by atoms with E-state index in [2.05, 4.69) is 15.2 Å². The van der Waals surface area contributed by atoms with E-state index in [9.17, 15) is 23.6 Å². The van der Waals surface area contributed by atoms with Gasteiger partial charge in [-0.2, -0.15) is 5.10 Å². The number of hydrogen-bond donors (Lipinski definition) is 3. The molecule has 3 aromatic rings. The predicted octanol–water partition coefficient (Wildman–Crippen LogP) is 4.60. The van der Waals surface area contributed by atoms with Crippen LogP contribution in [-0.2, 0) is 10.0 Å². The number of anilines is 2. The summed E-state index contributed by atoms with van der Waals surface area (Å²) in [6.07, 6.45) is 1.26.